The predicted molar refractivity (Wildman–Crippen MR) is 115 cm³/mol. The van der Waals surface area contributed by atoms with Crippen LogP contribution in [0.5, 0.6) is 0 Å². The van der Waals surface area contributed by atoms with Crippen molar-refractivity contribution in [3.8, 4) is 0 Å². The van der Waals surface area contributed by atoms with Crippen LogP contribution < -0.4 is 0 Å². The van der Waals surface area contributed by atoms with Gasteiger partial charge >= 0.3 is 0 Å². The normalized spacial score (nSPS) is 28.4. The van der Waals surface area contributed by atoms with Crippen LogP contribution in [0.2, 0.25) is 0 Å². The molecule has 0 radical (unpaired) electrons. The van der Waals surface area contributed by atoms with Crippen LogP contribution in [0.3, 0.4) is 0 Å². The molecule has 2 aliphatic rings. The number of benzene rings is 3. The Bertz CT molecular complexity index is 1030. The molecule has 0 aromatic heterocycles. The predicted octanol–water partition coefficient (Wildman–Crippen LogP) is 4.98. The number of carbonyl (C=O) groups excluding carboxylic acids is 1. The van der Waals surface area contributed by atoms with Crippen molar-refractivity contribution in [1.29, 1.82) is 0 Å². The fourth-order valence-electron chi connectivity index (χ4n) is 5.75. The van der Waals surface area contributed by atoms with E-state index in [0.29, 0.717) is 12.8 Å². The maximum atomic E-state index is 13.5. The Labute approximate surface area is 172 Å². The van der Waals surface area contributed by atoms with Crippen LogP contribution in [0.15, 0.2) is 84.9 Å². The highest BCUT2D eigenvalue weighted by atomic mass is 16.3. The zero-order valence-corrected chi connectivity index (χ0v) is 16.6. The average molecular weight is 383 g/mol. The molecule has 2 heteroatoms. The van der Waals surface area contributed by atoms with Crippen LogP contribution in [0.25, 0.3) is 0 Å². The summed E-state index contributed by atoms with van der Waals surface area (Å²) in [5, 5.41) is 11.5. The number of hydrogen-bond donors (Lipinski definition) is 1. The number of aliphatic hydroxyl groups is 1. The van der Waals surface area contributed by atoms with Gasteiger partial charge in [-0.25, -0.2) is 0 Å². The average Bonchev–Trinajstić information content (AvgIpc) is 2.76. The van der Waals surface area contributed by atoms with Crippen LogP contribution in [0.1, 0.15) is 41.5 Å². The van der Waals surface area contributed by atoms with E-state index in [1.54, 1.807) is 0 Å². The Hall–Kier alpha value is -2.71. The highest BCUT2D eigenvalue weighted by Gasteiger charge is 2.56. The van der Waals surface area contributed by atoms with E-state index in [1.807, 2.05) is 36.4 Å². The van der Waals surface area contributed by atoms with Gasteiger partial charge in [0.25, 0.3) is 0 Å². The number of hydrogen-bond acceptors (Lipinski definition) is 2. The summed E-state index contributed by atoms with van der Waals surface area (Å²) in [5.41, 5.74) is 3.04. The second-order valence-corrected chi connectivity index (χ2v) is 8.74. The Balaban J connectivity index is 1.62. The number of Topliss-reactive ketones (excluding diaryl/α,β-unsaturated/α-hetero) is 1. The van der Waals surface area contributed by atoms with Gasteiger partial charge < -0.3 is 5.11 Å². The molecule has 2 nitrogen and oxygen atoms in total. The fraction of sp³-hybridized carbons (Fsp3) is 0.296. The molecule has 0 heterocycles. The molecule has 0 bridgehead atoms. The molecule has 3 aromatic rings. The topological polar surface area (TPSA) is 37.3 Å². The van der Waals surface area contributed by atoms with Gasteiger partial charge in [-0.2, -0.15) is 0 Å². The Morgan fingerprint density at radius 3 is 2.28 bits per heavy atom. The lowest BCUT2D eigenvalue weighted by atomic mass is 9.51. The van der Waals surface area contributed by atoms with Crippen molar-refractivity contribution in [2.75, 3.05) is 0 Å². The van der Waals surface area contributed by atoms with Crippen LogP contribution >= 0.6 is 0 Å². The zero-order valence-electron chi connectivity index (χ0n) is 16.6. The third-order valence-corrected chi connectivity index (χ3v) is 7.19. The first-order valence-corrected chi connectivity index (χ1v) is 10.6. The molecule has 0 spiro atoms. The Morgan fingerprint density at radius 2 is 1.52 bits per heavy atom. The van der Waals surface area contributed by atoms with E-state index >= 15 is 0 Å². The standard InChI is InChI=1S/C27H26O2/c28-25-19-26(17-20-9-3-1-4-10-20)23(16-15-21-11-7-8-14-24(21)26)18-27(25,29)22-12-5-2-6-13-22/h1-14,23,29H,15-19H2/t23-,26-,27-/m1/s1. The first-order valence-electron chi connectivity index (χ1n) is 10.6. The molecule has 3 aromatic carbocycles. The molecular weight excluding hydrogens is 356 g/mol. The molecule has 5 rings (SSSR count). The number of carbonyl (C=O) groups is 1. The SMILES string of the molecule is O=C1C[C@@]2(Cc3ccccc3)c3ccccc3CC[C@@H]2C[C@@]1(O)c1ccccc1. The summed E-state index contributed by atoms with van der Waals surface area (Å²) in [6, 6.07) is 28.6. The molecule has 1 fully saturated rings. The summed E-state index contributed by atoms with van der Waals surface area (Å²) in [6.07, 6.45) is 3.74. The maximum Gasteiger partial charge on any atom is 0.169 e. The highest BCUT2D eigenvalue weighted by molar-refractivity contribution is 5.91. The van der Waals surface area contributed by atoms with Crippen molar-refractivity contribution >= 4 is 5.78 Å². The van der Waals surface area contributed by atoms with Crippen LogP contribution in [0.4, 0.5) is 0 Å². The van der Waals surface area contributed by atoms with E-state index in [4.69, 9.17) is 0 Å². The smallest absolute Gasteiger partial charge is 0.169 e. The van der Waals surface area contributed by atoms with Crippen molar-refractivity contribution in [1.82, 2.24) is 0 Å². The summed E-state index contributed by atoms with van der Waals surface area (Å²) < 4.78 is 0. The number of fused-ring (bicyclic) bond motifs is 3. The van der Waals surface area contributed by atoms with E-state index in [2.05, 4.69) is 48.5 Å². The summed E-state index contributed by atoms with van der Waals surface area (Å²) in [7, 11) is 0. The minimum absolute atomic E-state index is 0.0485. The molecule has 146 valence electrons. The van der Waals surface area contributed by atoms with Gasteiger partial charge in [0.1, 0.15) is 5.60 Å². The molecule has 1 N–H and O–H groups in total. The molecule has 29 heavy (non-hydrogen) atoms. The largest absolute Gasteiger partial charge is 0.377 e. The van der Waals surface area contributed by atoms with E-state index in [1.165, 1.54) is 16.7 Å². The van der Waals surface area contributed by atoms with Gasteiger partial charge in [-0.15, -0.1) is 0 Å². The molecule has 1 saturated carbocycles. The third kappa shape index (κ3) is 2.94. The van der Waals surface area contributed by atoms with Gasteiger partial charge in [0.2, 0.25) is 0 Å². The highest BCUT2D eigenvalue weighted by Crippen LogP contribution is 2.55. The monoisotopic (exact) mass is 382 g/mol. The summed E-state index contributed by atoms with van der Waals surface area (Å²) >= 11 is 0. The van der Waals surface area contributed by atoms with Gasteiger partial charge in [0.15, 0.2) is 5.78 Å². The molecule has 0 saturated heterocycles. The first-order chi connectivity index (χ1) is 14.1. The van der Waals surface area contributed by atoms with E-state index < -0.39 is 5.60 Å². The lowest BCUT2D eigenvalue weighted by molar-refractivity contribution is -0.150. The van der Waals surface area contributed by atoms with Crippen molar-refractivity contribution < 1.29 is 9.90 Å². The summed E-state index contributed by atoms with van der Waals surface area (Å²) in [5.74, 6) is 0.216. The van der Waals surface area contributed by atoms with Crippen molar-refractivity contribution in [3.05, 3.63) is 107 Å². The summed E-state index contributed by atoms with van der Waals surface area (Å²) in [6.45, 7) is 0. The lowest BCUT2D eigenvalue weighted by Crippen LogP contribution is -2.55. The van der Waals surface area contributed by atoms with E-state index in [-0.39, 0.29) is 17.1 Å². The zero-order chi connectivity index (χ0) is 19.9. The van der Waals surface area contributed by atoms with E-state index in [9.17, 15) is 9.90 Å². The quantitative estimate of drug-likeness (QED) is 0.694. The van der Waals surface area contributed by atoms with Crippen molar-refractivity contribution in [3.63, 3.8) is 0 Å². The van der Waals surface area contributed by atoms with Crippen LogP contribution in [-0.2, 0) is 28.7 Å². The lowest BCUT2D eigenvalue weighted by Gasteiger charge is -2.52. The van der Waals surface area contributed by atoms with Gasteiger partial charge in [-0.1, -0.05) is 84.9 Å². The first kappa shape index (κ1) is 18.3. The van der Waals surface area contributed by atoms with E-state index in [0.717, 1.165) is 24.8 Å². The fourth-order valence-corrected chi connectivity index (χ4v) is 5.75. The second-order valence-electron chi connectivity index (χ2n) is 8.74. The molecule has 3 atom stereocenters. The minimum Gasteiger partial charge on any atom is -0.377 e. The number of rotatable bonds is 3. The molecule has 0 aliphatic heterocycles. The Kier molecular flexibility index (Phi) is 4.40. The second kappa shape index (κ2) is 6.96. The molecule has 2 aliphatic carbocycles. The third-order valence-electron chi connectivity index (χ3n) is 7.19. The van der Waals surface area contributed by atoms with Gasteiger partial charge in [0.05, 0.1) is 0 Å². The maximum absolute atomic E-state index is 13.5. The number of aryl methyl sites for hydroxylation is 1. The van der Waals surface area contributed by atoms with Crippen molar-refractivity contribution in [2.24, 2.45) is 5.92 Å². The van der Waals surface area contributed by atoms with Gasteiger partial charge in [-0.05, 0) is 53.9 Å². The molecular formula is C27H26O2. The van der Waals surface area contributed by atoms with Gasteiger partial charge in [0, 0.05) is 11.8 Å². The number of ketones is 1. The van der Waals surface area contributed by atoms with Crippen molar-refractivity contribution in [2.45, 2.75) is 43.1 Å². The van der Waals surface area contributed by atoms with Gasteiger partial charge in [-0.3, -0.25) is 4.79 Å². The van der Waals surface area contributed by atoms with Crippen LogP contribution in [-0.4, -0.2) is 10.9 Å². The Morgan fingerprint density at radius 1 is 0.862 bits per heavy atom. The minimum atomic E-state index is -1.38. The van der Waals surface area contributed by atoms with Crippen LogP contribution in [0, 0.1) is 5.92 Å². The molecule has 0 unspecified atom stereocenters. The molecule has 0 amide bonds. The summed E-state index contributed by atoms with van der Waals surface area (Å²) in [4.78, 5) is 13.5.